The number of amides is 1. The fourth-order valence-corrected chi connectivity index (χ4v) is 3.43. The van der Waals surface area contributed by atoms with Crippen LogP contribution in [0.4, 0.5) is 0 Å². The molecule has 6 nitrogen and oxygen atoms in total. The monoisotopic (exact) mass is 330 g/mol. The number of benzene rings is 1. The maximum Gasteiger partial charge on any atom is 0.326 e. The zero-order valence-corrected chi connectivity index (χ0v) is 13.9. The molecule has 1 aliphatic rings. The van der Waals surface area contributed by atoms with Gasteiger partial charge in [0.05, 0.1) is 6.10 Å². The Hall–Kier alpha value is -2.34. The summed E-state index contributed by atoms with van der Waals surface area (Å²) in [5, 5.41) is 10.4. The highest BCUT2D eigenvalue weighted by Gasteiger charge is 2.39. The SMILES string of the molecule is COC1CC(C(=O)O)N(C(=O)CCc2c[nH]c3c(C)cccc23)C1. The number of fused-ring (bicyclic) bond motifs is 1. The number of hydrogen-bond donors (Lipinski definition) is 2. The Morgan fingerprint density at radius 2 is 2.21 bits per heavy atom. The van der Waals surface area contributed by atoms with Gasteiger partial charge in [-0.3, -0.25) is 4.79 Å². The number of aliphatic carboxylic acids is 1. The van der Waals surface area contributed by atoms with Crippen molar-refractivity contribution in [2.75, 3.05) is 13.7 Å². The van der Waals surface area contributed by atoms with E-state index in [-0.39, 0.29) is 12.0 Å². The molecule has 128 valence electrons. The van der Waals surface area contributed by atoms with Gasteiger partial charge in [0, 0.05) is 43.6 Å². The van der Waals surface area contributed by atoms with Gasteiger partial charge in [0.1, 0.15) is 6.04 Å². The van der Waals surface area contributed by atoms with Crippen molar-refractivity contribution in [2.24, 2.45) is 0 Å². The topological polar surface area (TPSA) is 82.6 Å². The minimum Gasteiger partial charge on any atom is -0.480 e. The number of carbonyl (C=O) groups is 2. The molecule has 0 radical (unpaired) electrons. The van der Waals surface area contributed by atoms with E-state index in [1.165, 1.54) is 10.5 Å². The van der Waals surface area contributed by atoms with Crippen LogP contribution in [0.2, 0.25) is 0 Å². The van der Waals surface area contributed by atoms with Crippen LogP contribution in [0.1, 0.15) is 24.0 Å². The highest BCUT2D eigenvalue weighted by molar-refractivity contribution is 5.87. The highest BCUT2D eigenvalue weighted by Crippen LogP contribution is 2.24. The van der Waals surface area contributed by atoms with E-state index in [0.717, 1.165) is 16.5 Å². The van der Waals surface area contributed by atoms with Crippen molar-refractivity contribution >= 4 is 22.8 Å². The number of hydrogen-bond acceptors (Lipinski definition) is 3. The predicted molar refractivity (Wildman–Crippen MR) is 89.9 cm³/mol. The van der Waals surface area contributed by atoms with Crippen molar-refractivity contribution < 1.29 is 19.4 Å². The standard InChI is InChI=1S/C18H22N2O4/c1-11-4-3-5-14-12(9-19-17(11)14)6-7-16(21)20-10-13(24-2)8-15(20)18(22)23/h3-5,9,13,15,19H,6-8,10H2,1-2H3,(H,22,23). The lowest BCUT2D eigenvalue weighted by Gasteiger charge is -2.21. The molecule has 6 heteroatoms. The van der Waals surface area contributed by atoms with E-state index in [1.54, 1.807) is 7.11 Å². The van der Waals surface area contributed by atoms with Crippen LogP contribution in [0, 0.1) is 6.92 Å². The molecule has 1 saturated heterocycles. The Kier molecular flexibility index (Phi) is 4.57. The second-order valence-electron chi connectivity index (χ2n) is 6.30. The summed E-state index contributed by atoms with van der Waals surface area (Å²) in [6.45, 7) is 2.39. The molecule has 0 saturated carbocycles. The first-order chi connectivity index (χ1) is 11.5. The van der Waals surface area contributed by atoms with Crippen LogP contribution in [0.25, 0.3) is 10.9 Å². The normalized spacial score (nSPS) is 20.7. The van der Waals surface area contributed by atoms with E-state index in [2.05, 4.69) is 4.98 Å². The van der Waals surface area contributed by atoms with Gasteiger partial charge in [0.2, 0.25) is 5.91 Å². The van der Waals surface area contributed by atoms with Gasteiger partial charge in [-0.1, -0.05) is 18.2 Å². The fraction of sp³-hybridized carbons (Fsp3) is 0.444. The van der Waals surface area contributed by atoms with Crippen LogP contribution in [-0.2, 0) is 20.7 Å². The number of aromatic amines is 1. The number of aromatic nitrogens is 1. The number of nitrogens with zero attached hydrogens (tertiary/aromatic N) is 1. The first-order valence-electron chi connectivity index (χ1n) is 8.12. The van der Waals surface area contributed by atoms with Crippen molar-refractivity contribution in [2.45, 2.75) is 38.3 Å². The molecule has 1 aromatic carbocycles. The molecule has 2 aromatic rings. The van der Waals surface area contributed by atoms with Crippen molar-refractivity contribution in [3.8, 4) is 0 Å². The average molecular weight is 330 g/mol. The van der Waals surface area contributed by atoms with Crippen LogP contribution < -0.4 is 0 Å². The Bertz CT molecular complexity index is 767. The number of para-hydroxylation sites is 1. The molecule has 24 heavy (non-hydrogen) atoms. The average Bonchev–Trinajstić information content (AvgIpc) is 3.17. The molecule has 0 bridgehead atoms. The van der Waals surface area contributed by atoms with E-state index in [0.29, 0.717) is 25.8 Å². The van der Waals surface area contributed by atoms with Gasteiger partial charge in [-0.25, -0.2) is 4.79 Å². The molecule has 1 fully saturated rings. The van der Waals surface area contributed by atoms with E-state index in [9.17, 15) is 14.7 Å². The Morgan fingerprint density at radius 3 is 2.92 bits per heavy atom. The van der Waals surface area contributed by atoms with Crippen molar-refractivity contribution in [1.82, 2.24) is 9.88 Å². The summed E-state index contributed by atoms with van der Waals surface area (Å²) >= 11 is 0. The van der Waals surface area contributed by atoms with Crippen molar-refractivity contribution in [3.63, 3.8) is 0 Å². The lowest BCUT2D eigenvalue weighted by atomic mass is 10.1. The number of rotatable bonds is 5. The Labute approximate surface area is 140 Å². The second-order valence-corrected chi connectivity index (χ2v) is 6.30. The Balaban J connectivity index is 1.70. The minimum absolute atomic E-state index is 0.135. The maximum atomic E-state index is 12.5. The third-order valence-corrected chi connectivity index (χ3v) is 4.82. The molecular formula is C18H22N2O4. The number of nitrogens with one attached hydrogen (secondary N) is 1. The van der Waals surface area contributed by atoms with Gasteiger partial charge < -0.3 is 19.7 Å². The molecule has 1 aliphatic heterocycles. The molecule has 1 amide bonds. The van der Waals surface area contributed by atoms with Gasteiger partial charge in [-0.2, -0.15) is 0 Å². The van der Waals surface area contributed by atoms with Crippen molar-refractivity contribution in [1.29, 1.82) is 0 Å². The Morgan fingerprint density at radius 1 is 1.42 bits per heavy atom. The molecule has 1 aromatic heterocycles. The van der Waals surface area contributed by atoms with Crippen LogP contribution in [0.5, 0.6) is 0 Å². The van der Waals surface area contributed by atoms with E-state index < -0.39 is 12.0 Å². The van der Waals surface area contributed by atoms with Gasteiger partial charge >= 0.3 is 5.97 Å². The highest BCUT2D eigenvalue weighted by atomic mass is 16.5. The molecule has 3 rings (SSSR count). The number of likely N-dealkylation sites (tertiary alicyclic amines) is 1. The number of carboxylic acid groups (broad SMARTS) is 1. The summed E-state index contributed by atoms with van der Waals surface area (Å²) < 4.78 is 5.23. The largest absolute Gasteiger partial charge is 0.480 e. The fourth-order valence-electron chi connectivity index (χ4n) is 3.43. The first-order valence-corrected chi connectivity index (χ1v) is 8.12. The molecule has 2 N–H and O–H groups in total. The first kappa shape index (κ1) is 16.5. The smallest absolute Gasteiger partial charge is 0.326 e. The van der Waals surface area contributed by atoms with Crippen molar-refractivity contribution in [3.05, 3.63) is 35.5 Å². The van der Waals surface area contributed by atoms with E-state index >= 15 is 0 Å². The van der Waals surface area contributed by atoms with Crippen LogP contribution in [0.15, 0.2) is 24.4 Å². The summed E-state index contributed by atoms with van der Waals surface area (Å²) in [5.41, 5.74) is 3.33. The number of aryl methyl sites for hydroxylation is 2. The predicted octanol–water partition coefficient (Wildman–Crippen LogP) is 2.11. The number of carboxylic acids is 1. The quantitative estimate of drug-likeness (QED) is 0.879. The zero-order valence-electron chi connectivity index (χ0n) is 13.9. The summed E-state index contributed by atoms with van der Waals surface area (Å²) in [5.74, 6) is -1.10. The lowest BCUT2D eigenvalue weighted by Crippen LogP contribution is -2.40. The summed E-state index contributed by atoms with van der Waals surface area (Å²) in [7, 11) is 1.55. The molecule has 0 aliphatic carbocycles. The lowest BCUT2D eigenvalue weighted by molar-refractivity contribution is -0.148. The van der Waals surface area contributed by atoms with Gasteiger partial charge in [-0.05, 0) is 24.5 Å². The van der Waals surface area contributed by atoms with Gasteiger partial charge in [0.25, 0.3) is 0 Å². The second kappa shape index (κ2) is 6.65. The number of ether oxygens (including phenoxy) is 1. The molecule has 2 heterocycles. The van der Waals surface area contributed by atoms with E-state index in [1.807, 2.05) is 31.3 Å². The number of carbonyl (C=O) groups excluding carboxylic acids is 1. The van der Waals surface area contributed by atoms with Crippen LogP contribution in [-0.4, -0.2) is 52.7 Å². The third kappa shape index (κ3) is 3.01. The number of methoxy groups -OCH3 is 1. The molecule has 2 unspecified atom stereocenters. The molecule has 2 atom stereocenters. The summed E-state index contributed by atoms with van der Waals surface area (Å²) in [4.78, 5) is 28.6. The minimum atomic E-state index is -0.967. The molecule has 0 spiro atoms. The zero-order chi connectivity index (χ0) is 17.3. The third-order valence-electron chi connectivity index (χ3n) is 4.82. The molecular weight excluding hydrogens is 308 g/mol. The van der Waals surface area contributed by atoms with Crippen LogP contribution in [0.3, 0.4) is 0 Å². The summed E-state index contributed by atoms with van der Waals surface area (Å²) in [6, 6.07) is 5.30. The van der Waals surface area contributed by atoms with Gasteiger partial charge in [0.15, 0.2) is 0 Å². The maximum absolute atomic E-state index is 12.5. The summed E-state index contributed by atoms with van der Waals surface area (Å²) in [6.07, 6.45) is 2.96. The van der Waals surface area contributed by atoms with Crippen LogP contribution >= 0.6 is 0 Å². The number of H-pyrrole nitrogens is 1. The van der Waals surface area contributed by atoms with E-state index in [4.69, 9.17) is 4.74 Å². The van der Waals surface area contributed by atoms with Gasteiger partial charge in [-0.15, -0.1) is 0 Å².